The normalized spacial score (nSPS) is 10.5. The average molecular weight is 379 g/mol. The van der Waals surface area contributed by atoms with Crippen molar-refractivity contribution in [1.29, 1.82) is 0 Å². The Labute approximate surface area is 165 Å². The van der Waals surface area contributed by atoms with Crippen LogP contribution < -0.4 is 10.6 Å². The molecule has 0 heterocycles. The Bertz CT molecular complexity index is 876. The lowest BCUT2D eigenvalue weighted by atomic mass is 10.1. The van der Waals surface area contributed by atoms with E-state index in [1.54, 1.807) is 6.08 Å². The summed E-state index contributed by atoms with van der Waals surface area (Å²) < 4.78 is 0. The summed E-state index contributed by atoms with van der Waals surface area (Å²) in [5.41, 5.74) is 3.69. The fraction of sp³-hybridized carbons (Fsp3) is 0.227. The fourth-order valence-corrected chi connectivity index (χ4v) is 2.47. The van der Waals surface area contributed by atoms with E-state index in [9.17, 15) is 14.4 Å². The van der Waals surface area contributed by atoms with E-state index in [2.05, 4.69) is 10.6 Å². The number of hydrogen-bond acceptors (Lipinski definition) is 3. The number of likely N-dealkylation sites (N-methyl/N-ethyl adjacent to an activating group) is 1. The summed E-state index contributed by atoms with van der Waals surface area (Å²) in [7, 11) is 1.52. The SMILES string of the molecule is Cc1cccc(NC(=O)CN(C)C(=O)CNC(=O)/C=C/c2ccccc2)c1C. The lowest BCUT2D eigenvalue weighted by Crippen LogP contribution is -2.41. The monoisotopic (exact) mass is 379 g/mol. The molecule has 0 aliphatic heterocycles. The van der Waals surface area contributed by atoms with Crippen molar-refractivity contribution in [2.24, 2.45) is 0 Å². The van der Waals surface area contributed by atoms with Gasteiger partial charge in [-0.3, -0.25) is 14.4 Å². The molecule has 0 aromatic heterocycles. The maximum absolute atomic E-state index is 12.2. The summed E-state index contributed by atoms with van der Waals surface area (Å²) in [6.45, 7) is 3.63. The lowest BCUT2D eigenvalue weighted by Gasteiger charge is -2.17. The lowest BCUT2D eigenvalue weighted by molar-refractivity contribution is -0.133. The number of carbonyl (C=O) groups is 3. The quantitative estimate of drug-likeness (QED) is 0.726. The molecule has 0 bridgehead atoms. The zero-order valence-corrected chi connectivity index (χ0v) is 16.4. The van der Waals surface area contributed by atoms with E-state index in [0.717, 1.165) is 22.4 Å². The van der Waals surface area contributed by atoms with Gasteiger partial charge in [0.15, 0.2) is 0 Å². The first-order valence-electron chi connectivity index (χ1n) is 8.98. The van der Waals surface area contributed by atoms with Crippen molar-refractivity contribution in [3.05, 3.63) is 71.3 Å². The molecule has 0 aliphatic rings. The van der Waals surface area contributed by atoms with E-state index in [1.807, 2.05) is 62.4 Å². The molecule has 28 heavy (non-hydrogen) atoms. The highest BCUT2D eigenvalue weighted by atomic mass is 16.2. The molecule has 0 saturated carbocycles. The first kappa shape index (κ1) is 20.9. The molecule has 0 atom stereocenters. The van der Waals surface area contributed by atoms with Crippen LogP contribution in [0.25, 0.3) is 6.08 Å². The zero-order valence-electron chi connectivity index (χ0n) is 16.4. The first-order chi connectivity index (χ1) is 13.4. The van der Waals surface area contributed by atoms with Crippen LogP contribution in [0.5, 0.6) is 0 Å². The topological polar surface area (TPSA) is 78.5 Å². The molecule has 0 spiro atoms. The molecule has 0 saturated heterocycles. The van der Waals surface area contributed by atoms with Gasteiger partial charge in [-0.1, -0.05) is 42.5 Å². The number of anilines is 1. The van der Waals surface area contributed by atoms with Crippen molar-refractivity contribution < 1.29 is 14.4 Å². The highest BCUT2D eigenvalue weighted by molar-refractivity contribution is 5.97. The van der Waals surface area contributed by atoms with Gasteiger partial charge < -0.3 is 15.5 Å². The second-order valence-corrected chi connectivity index (χ2v) is 6.51. The molecule has 2 aromatic carbocycles. The molecule has 2 N–H and O–H groups in total. The molecule has 146 valence electrons. The predicted octanol–water partition coefficient (Wildman–Crippen LogP) is 2.53. The average Bonchev–Trinajstić information content (AvgIpc) is 2.68. The molecule has 6 nitrogen and oxygen atoms in total. The van der Waals surface area contributed by atoms with E-state index in [-0.39, 0.29) is 30.8 Å². The van der Waals surface area contributed by atoms with Gasteiger partial charge in [-0.05, 0) is 42.7 Å². The molecule has 2 rings (SSSR count). The number of nitrogens with zero attached hydrogens (tertiary/aromatic N) is 1. The van der Waals surface area contributed by atoms with Gasteiger partial charge in [-0.15, -0.1) is 0 Å². The van der Waals surface area contributed by atoms with Gasteiger partial charge in [0.2, 0.25) is 17.7 Å². The van der Waals surface area contributed by atoms with Gasteiger partial charge in [-0.2, -0.15) is 0 Å². The number of amides is 3. The van der Waals surface area contributed by atoms with Gasteiger partial charge >= 0.3 is 0 Å². The van der Waals surface area contributed by atoms with E-state index in [4.69, 9.17) is 0 Å². The van der Waals surface area contributed by atoms with Crippen molar-refractivity contribution >= 4 is 29.5 Å². The van der Waals surface area contributed by atoms with Crippen LogP contribution in [0, 0.1) is 13.8 Å². The van der Waals surface area contributed by atoms with Crippen molar-refractivity contribution in [3.8, 4) is 0 Å². The number of carbonyl (C=O) groups excluding carboxylic acids is 3. The largest absolute Gasteiger partial charge is 0.343 e. The zero-order chi connectivity index (χ0) is 20.5. The van der Waals surface area contributed by atoms with Crippen LogP contribution in [0.1, 0.15) is 16.7 Å². The van der Waals surface area contributed by atoms with Crippen LogP contribution >= 0.6 is 0 Å². The summed E-state index contributed by atoms with van der Waals surface area (Å²) in [4.78, 5) is 37.4. The van der Waals surface area contributed by atoms with Crippen LogP contribution in [0.2, 0.25) is 0 Å². The number of aryl methyl sites for hydroxylation is 1. The van der Waals surface area contributed by atoms with Crippen molar-refractivity contribution in [1.82, 2.24) is 10.2 Å². The number of rotatable bonds is 7. The van der Waals surface area contributed by atoms with Crippen LogP contribution in [0.4, 0.5) is 5.69 Å². The minimum atomic E-state index is -0.370. The number of nitrogens with one attached hydrogen (secondary N) is 2. The Morgan fingerprint density at radius 3 is 2.43 bits per heavy atom. The predicted molar refractivity (Wildman–Crippen MR) is 111 cm³/mol. The summed E-state index contributed by atoms with van der Waals surface area (Å²) in [6, 6.07) is 15.0. The van der Waals surface area contributed by atoms with E-state index >= 15 is 0 Å². The van der Waals surface area contributed by atoms with Crippen LogP contribution in [-0.4, -0.2) is 42.8 Å². The van der Waals surface area contributed by atoms with Crippen LogP contribution in [0.3, 0.4) is 0 Å². The second-order valence-electron chi connectivity index (χ2n) is 6.51. The van der Waals surface area contributed by atoms with E-state index < -0.39 is 0 Å². The smallest absolute Gasteiger partial charge is 0.244 e. The van der Waals surface area contributed by atoms with Gasteiger partial charge in [0, 0.05) is 18.8 Å². The molecule has 3 amide bonds. The molecule has 6 heteroatoms. The third-order valence-corrected chi connectivity index (χ3v) is 4.33. The van der Waals surface area contributed by atoms with Crippen LogP contribution in [-0.2, 0) is 14.4 Å². The summed E-state index contributed by atoms with van der Waals surface area (Å²) in [5, 5.41) is 5.33. The fourth-order valence-electron chi connectivity index (χ4n) is 2.47. The van der Waals surface area contributed by atoms with Gasteiger partial charge in [-0.25, -0.2) is 0 Å². The molecule has 0 radical (unpaired) electrons. The van der Waals surface area contributed by atoms with Crippen molar-refractivity contribution in [2.75, 3.05) is 25.5 Å². The van der Waals surface area contributed by atoms with Gasteiger partial charge in [0.25, 0.3) is 0 Å². The van der Waals surface area contributed by atoms with Crippen LogP contribution in [0.15, 0.2) is 54.6 Å². The Hall–Kier alpha value is -3.41. The Kier molecular flexibility index (Phi) is 7.51. The van der Waals surface area contributed by atoms with Gasteiger partial charge in [0.1, 0.15) is 0 Å². The minimum Gasteiger partial charge on any atom is -0.343 e. The minimum absolute atomic E-state index is 0.0953. The number of benzene rings is 2. The maximum Gasteiger partial charge on any atom is 0.244 e. The number of hydrogen-bond donors (Lipinski definition) is 2. The molecule has 0 aliphatic carbocycles. The van der Waals surface area contributed by atoms with Crippen molar-refractivity contribution in [3.63, 3.8) is 0 Å². The highest BCUT2D eigenvalue weighted by Gasteiger charge is 2.14. The Morgan fingerprint density at radius 2 is 1.71 bits per heavy atom. The Balaban J connectivity index is 1.79. The molecule has 0 unspecified atom stereocenters. The van der Waals surface area contributed by atoms with Gasteiger partial charge in [0.05, 0.1) is 13.1 Å². The van der Waals surface area contributed by atoms with E-state index in [0.29, 0.717) is 0 Å². The third kappa shape index (κ3) is 6.39. The first-order valence-corrected chi connectivity index (χ1v) is 8.98. The molecular weight excluding hydrogens is 354 g/mol. The second kappa shape index (κ2) is 10.1. The highest BCUT2D eigenvalue weighted by Crippen LogP contribution is 2.17. The summed E-state index contributed by atoms with van der Waals surface area (Å²) in [5.74, 6) is -1.01. The maximum atomic E-state index is 12.2. The molecule has 0 fully saturated rings. The standard InChI is InChI=1S/C22H25N3O3/c1-16-8-7-11-19(17(16)2)24-21(27)15-25(3)22(28)14-23-20(26)13-12-18-9-5-4-6-10-18/h4-13H,14-15H2,1-3H3,(H,23,26)(H,24,27)/b13-12+. The molecular formula is C22H25N3O3. The Morgan fingerprint density at radius 1 is 1.00 bits per heavy atom. The van der Waals surface area contributed by atoms with E-state index in [1.165, 1.54) is 18.0 Å². The summed E-state index contributed by atoms with van der Waals surface area (Å²) in [6.07, 6.45) is 3.04. The molecule has 2 aromatic rings. The summed E-state index contributed by atoms with van der Waals surface area (Å²) >= 11 is 0. The van der Waals surface area contributed by atoms with Crippen molar-refractivity contribution in [2.45, 2.75) is 13.8 Å². The third-order valence-electron chi connectivity index (χ3n) is 4.33.